The van der Waals surface area contributed by atoms with Crippen LogP contribution in [0.3, 0.4) is 0 Å². The van der Waals surface area contributed by atoms with Gasteiger partial charge < -0.3 is 4.74 Å². The molecular weight excluding hydrogens is 179 g/mol. The van der Waals surface area contributed by atoms with E-state index in [1.54, 1.807) is 6.07 Å². The van der Waals surface area contributed by atoms with Gasteiger partial charge in [0.1, 0.15) is 11.9 Å². The van der Waals surface area contributed by atoms with Crippen LogP contribution in [0.2, 0.25) is 0 Å². The van der Waals surface area contributed by atoms with Crippen LogP contribution in [0.15, 0.2) is 18.2 Å². The highest BCUT2D eigenvalue weighted by Crippen LogP contribution is 2.41. The Bertz CT molecular complexity index is 346. The van der Waals surface area contributed by atoms with Gasteiger partial charge in [-0.3, -0.25) is 0 Å². The predicted molar refractivity (Wildman–Crippen MR) is 53.8 cm³/mol. The molecule has 1 aromatic rings. The molecule has 1 aliphatic heterocycles. The second kappa shape index (κ2) is 3.35. The highest BCUT2D eigenvalue weighted by Gasteiger charge is 2.37. The first kappa shape index (κ1) is 9.66. The van der Waals surface area contributed by atoms with Gasteiger partial charge in [0.2, 0.25) is 0 Å². The van der Waals surface area contributed by atoms with Crippen LogP contribution in [0, 0.1) is 5.82 Å². The van der Waals surface area contributed by atoms with Crippen molar-refractivity contribution >= 4 is 0 Å². The summed E-state index contributed by atoms with van der Waals surface area (Å²) in [7, 11) is 0. The van der Waals surface area contributed by atoms with Crippen molar-refractivity contribution in [3.63, 3.8) is 0 Å². The van der Waals surface area contributed by atoms with Gasteiger partial charge in [-0.2, -0.15) is 0 Å². The first-order chi connectivity index (χ1) is 6.59. The van der Waals surface area contributed by atoms with E-state index in [2.05, 4.69) is 13.8 Å². The lowest BCUT2D eigenvalue weighted by atomic mass is 9.94. The molecule has 0 radical (unpaired) electrons. The topological polar surface area (TPSA) is 12.5 Å². The molecule has 1 aromatic carbocycles. The number of benzene rings is 1. The summed E-state index contributed by atoms with van der Waals surface area (Å²) in [5, 5.41) is 0. The quantitative estimate of drug-likeness (QED) is 0.657. The van der Waals surface area contributed by atoms with Crippen molar-refractivity contribution < 1.29 is 9.13 Å². The van der Waals surface area contributed by atoms with E-state index in [-0.39, 0.29) is 18.0 Å². The van der Waals surface area contributed by atoms with Crippen LogP contribution < -0.4 is 0 Å². The van der Waals surface area contributed by atoms with Crippen LogP contribution in [-0.2, 0) is 4.74 Å². The summed E-state index contributed by atoms with van der Waals surface area (Å²) in [6, 6.07) is 4.99. The molecule has 2 rings (SSSR count). The van der Waals surface area contributed by atoms with E-state index in [0.717, 1.165) is 5.56 Å². The summed E-state index contributed by atoms with van der Waals surface area (Å²) in [4.78, 5) is 0. The Hall–Kier alpha value is -0.890. The fraction of sp³-hybridized carbons (Fsp3) is 0.500. The van der Waals surface area contributed by atoms with Crippen molar-refractivity contribution in [2.75, 3.05) is 0 Å². The van der Waals surface area contributed by atoms with Gasteiger partial charge in [-0.25, -0.2) is 4.39 Å². The molecule has 0 aromatic heterocycles. The lowest BCUT2D eigenvalue weighted by molar-refractivity contribution is 0.381. The third kappa shape index (κ3) is 1.67. The minimum absolute atomic E-state index is 0.114. The van der Waals surface area contributed by atoms with E-state index in [0.29, 0.717) is 5.92 Å². The number of halogens is 1. The fourth-order valence-electron chi connectivity index (χ4n) is 1.83. The van der Waals surface area contributed by atoms with Crippen LogP contribution >= 0.6 is 0 Å². The Kier molecular flexibility index (Phi) is 2.31. The summed E-state index contributed by atoms with van der Waals surface area (Å²) in [5.41, 5.74) is 2.22. The molecule has 1 nitrogen and oxygen atoms in total. The van der Waals surface area contributed by atoms with Gasteiger partial charge >= 0.3 is 0 Å². The van der Waals surface area contributed by atoms with Gasteiger partial charge in [-0.1, -0.05) is 19.9 Å². The molecule has 0 spiro atoms. The molecule has 1 fully saturated rings. The number of hydrogen-bond donors (Lipinski definition) is 0. The average Bonchev–Trinajstić information content (AvgIpc) is 2.82. The number of epoxide rings is 1. The molecule has 1 aliphatic rings. The maximum Gasteiger partial charge on any atom is 0.123 e. The van der Waals surface area contributed by atoms with Crippen molar-refractivity contribution in [1.29, 1.82) is 0 Å². The molecule has 14 heavy (non-hydrogen) atoms. The largest absolute Gasteiger partial charge is 0.365 e. The van der Waals surface area contributed by atoms with E-state index in [1.165, 1.54) is 11.6 Å². The maximum atomic E-state index is 13.1. The summed E-state index contributed by atoms with van der Waals surface area (Å²) in [5.74, 6) is 0.245. The van der Waals surface area contributed by atoms with Crippen LogP contribution in [-0.4, -0.2) is 6.10 Å². The minimum Gasteiger partial charge on any atom is -0.365 e. The van der Waals surface area contributed by atoms with Crippen molar-refractivity contribution in [3.8, 4) is 0 Å². The fourth-order valence-corrected chi connectivity index (χ4v) is 1.83. The van der Waals surface area contributed by atoms with E-state index in [1.807, 2.05) is 13.0 Å². The second-order valence-electron chi connectivity index (χ2n) is 4.19. The van der Waals surface area contributed by atoms with Crippen molar-refractivity contribution in [2.45, 2.75) is 38.9 Å². The molecule has 0 amide bonds. The Morgan fingerprint density at radius 1 is 1.36 bits per heavy atom. The molecule has 76 valence electrons. The first-order valence-electron chi connectivity index (χ1n) is 5.04. The zero-order valence-corrected chi connectivity index (χ0v) is 8.75. The van der Waals surface area contributed by atoms with Gasteiger partial charge in [0.25, 0.3) is 0 Å². The minimum atomic E-state index is -0.174. The molecule has 2 heteroatoms. The summed E-state index contributed by atoms with van der Waals surface area (Å²) in [6.07, 6.45) is 0.359. The highest BCUT2D eigenvalue weighted by atomic mass is 19.1. The van der Waals surface area contributed by atoms with Gasteiger partial charge in [-0.05, 0) is 36.1 Å². The molecular formula is C12H15FO. The van der Waals surface area contributed by atoms with Gasteiger partial charge in [-0.15, -0.1) is 0 Å². The van der Waals surface area contributed by atoms with Crippen LogP contribution in [0.25, 0.3) is 0 Å². The Morgan fingerprint density at radius 2 is 2.00 bits per heavy atom. The number of ether oxygens (including phenoxy) is 1. The van der Waals surface area contributed by atoms with Crippen molar-refractivity contribution in [1.82, 2.24) is 0 Å². The molecule has 1 saturated heterocycles. The molecule has 0 saturated carbocycles. The SMILES string of the molecule is CC(C)c1ccc(F)cc1[C@H]1O[C@@H]1C. The average molecular weight is 194 g/mol. The summed E-state index contributed by atoms with van der Waals surface area (Å²) >= 11 is 0. The zero-order valence-electron chi connectivity index (χ0n) is 8.75. The van der Waals surface area contributed by atoms with Crippen molar-refractivity contribution in [2.24, 2.45) is 0 Å². The first-order valence-corrected chi connectivity index (χ1v) is 5.04. The van der Waals surface area contributed by atoms with E-state index in [4.69, 9.17) is 4.74 Å². The molecule has 0 unspecified atom stereocenters. The normalized spacial score (nSPS) is 25.5. The van der Waals surface area contributed by atoms with Gasteiger partial charge in [0.05, 0.1) is 6.10 Å². The maximum absolute atomic E-state index is 13.1. The standard InChI is InChI=1S/C12H15FO/c1-7(2)10-5-4-9(13)6-11(10)12-8(3)14-12/h4-8,12H,1-3H3/t8-,12+/m1/s1. The van der Waals surface area contributed by atoms with E-state index < -0.39 is 0 Å². The number of rotatable bonds is 2. The number of hydrogen-bond acceptors (Lipinski definition) is 1. The van der Waals surface area contributed by atoms with E-state index >= 15 is 0 Å². The predicted octanol–water partition coefficient (Wildman–Crippen LogP) is 3.41. The van der Waals surface area contributed by atoms with Gasteiger partial charge in [0, 0.05) is 0 Å². The molecule has 0 aliphatic carbocycles. The van der Waals surface area contributed by atoms with Crippen LogP contribution in [0.4, 0.5) is 4.39 Å². The van der Waals surface area contributed by atoms with Gasteiger partial charge in [0.15, 0.2) is 0 Å². The van der Waals surface area contributed by atoms with Crippen molar-refractivity contribution in [3.05, 3.63) is 35.1 Å². The second-order valence-corrected chi connectivity index (χ2v) is 4.19. The summed E-state index contributed by atoms with van der Waals surface area (Å²) in [6.45, 7) is 6.24. The van der Waals surface area contributed by atoms with E-state index in [9.17, 15) is 4.39 Å². The third-order valence-electron chi connectivity index (χ3n) is 2.69. The Morgan fingerprint density at radius 3 is 2.50 bits per heavy atom. The molecule has 2 atom stereocenters. The highest BCUT2D eigenvalue weighted by molar-refractivity contribution is 5.34. The Balaban J connectivity index is 2.39. The van der Waals surface area contributed by atoms with Crippen LogP contribution in [0.5, 0.6) is 0 Å². The smallest absolute Gasteiger partial charge is 0.123 e. The lowest BCUT2D eigenvalue weighted by Crippen LogP contribution is -1.97. The monoisotopic (exact) mass is 194 g/mol. The Labute approximate surface area is 83.9 Å². The third-order valence-corrected chi connectivity index (χ3v) is 2.69. The zero-order chi connectivity index (χ0) is 10.3. The summed E-state index contributed by atoms with van der Waals surface area (Å²) < 4.78 is 18.5. The van der Waals surface area contributed by atoms with Crippen LogP contribution in [0.1, 0.15) is 43.9 Å². The molecule has 1 heterocycles. The lowest BCUT2D eigenvalue weighted by Gasteiger charge is -2.10. The molecule has 0 N–H and O–H groups in total. The molecule has 0 bridgehead atoms.